The normalized spacial score (nSPS) is 29.7. The number of aliphatic hydroxyl groups excluding tert-OH is 1. The molecule has 2 aliphatic rings. The molecule has 7 heteroatoms. The summed E-state index contributed by atoms with van der Waals surface area (Å²) in [7, 11) is 0. The molecule has 2 bridgehead atoms. The zero-order valence-electron chi connectivity index (χ0n) is 14.0. The Hall–Kier alpha value is -1.63. The van der Waals surface area contributed by atoms with Crippen molar-refractivity contribution in [1.29, 1.82) is 0 Å². The van der Waals surface area contributed by atoms with Gasteiger partial charge in [0.1, 0.15) is 0 Å². The molecule has 4 unspecified atom stereocenters. The van der Waals surface area contributed by atoms with E-state index in [-0.39, 0.29) is 36.6 Å². The Kier molecular flexibility index (Phi) is 4.31. The molecule has 0 radical (unpaired) electrons. The van der Waals surface area contributed by atoms with Gasteiger partial charge in [-0.2, -0.15) is 4.98 Å². The van der Waals surface area contributed by atoms with Crippen LogP contribution in [-0.2, 0) is 12.0 Å². The predicted octanol–water partition coefficient (Wildman–Crippen LogP) is 1.57. The van der Waals surface area contributed by atoms with E-state index in [1.165, 1.54) is 6.42 Å². The first kappa shape index (κ1) is 16.2. The van der Waals surface area contributed by atoms with E-state index in [0.29, 0.717) is 23.6 Å². The summed E-state index contributed by atoms with van der Waals surface area (Å²) < 4.78 is 5.20. The molecule has 1 heterocycles. The van der Waals surface area contributed by atoms with E-state index in [1.807, 2.05) is 20.8 Å². The van der Waals surface area contributed by atoms with Gasteiger partial charge < -0.3 is 20.3 Å². The molecular formula is C16H26N4O3. The fraction of sp³-hybridized carbons (Fsp3) is 0.812. The van der Waals surface area contributed by atoms with Crippen molar-refractivity contribution in [2.75, 3.05) is 6.61 Å². The van der Waals surface area contributed by atoms with Crippen LogP contribution in [0.15, 0.2) is 4.52 Å². The maximum Gasteiger partial charge on any atom is 0.315 e. The first-order valence-electron chi connectivity index (χ1n) is 8.36. The average Bonchev–Trinajstić information content (AvgIpc) is 3.19. The highest BCUT2D eigenvalue weighted by Gasteiger charge is 2.47. The second-order valence-electron chi connectivity index (χ2n) is 7.80. The third-order valence-electron chi connectivity index (χ3n) is 5.11. The Morgan fingerprint density at radius 1 is 1.35 bits per heavy atom. The predicted molar refractivity (Wildman–Crippen MR) is 83.6 cm³/mol. The van der Waals surface area contributed by atoms with E-state index < -0.39 is 0 Å². The molecule has 23 heavy (non-hydrogen) atoms. The van der Waals surface area contributed by atoms with E-state index in [0.717, 1.165) is 12.8 Å². The zero-order chi connectivity index (χ0) is 16.6. The SMILES string of the molecule is CC(C)(C)c1nc(CNC(=O)NC2C3CCC(C3)C2CO)no1. The van der Waals surface area contributed by atoms with Gasteiger partial charge in [-0.3, -0.25) is 0 Å². The number of carbonyl (C=O) groups is 1. The van der Waals surface area contributed by atoms with Crippen molar-refractivity contribution in [2.45, 2.75) is 58.0 Å². The molecule has 2 aliphatic carbocycles. The van der Waals surface area contributed by atoms with Gasteiger partial charge in [0.15, 0.2) is 5.82 Å². The number of hydrogen-bond donors (Lipinski definition) is 3. The summed E-state index contributed by atoms with van der Waals surface area (Å²) in [4.78, 5) is 16.4. The van der Waals surface area contributed by atoms with Crippen LogP contribution < -0.4 is 10.6 Å². The zero-order valence-corrected chi connectivity index (χ0v) is 14.0. The van der Waals surface area contributed by atoms with E-state index in [9.17, 15) is 9.90 Å². The molecule has 0 aromatic carbocycles. The van der Waals surface area contributed by atoms with Crippen molar-refractivity contribution < 1.29 is 14.4 Å². The number of aromatic nitrogens is 2. The van der Waals surface area contributed by atoms with Crippen LogP contribution in [-0.4, -0.2) is 33.9 Å². The summed E-state index contributed by atoms with van der Waals surface area (Å²) in [6.45, 7) is 6.36. The fourth-order valence-corrected chi connectivity index (χ4v) is 3.89. The van der Waals surface area contributed by atoms with Gasteiger partial charge in [0.2, 0.25) is 5.89 Å². The van der Waals surface area contributed by atoms with Crippen molar-refractivity contribution in [1.82, 2.24) is 20.8 Å². The molecule has 2 fully saturated rings. The van der Waals surface area contributed by atoms with Crippen LogP contribution in [0.1, 0.15) is 51.7 Å². The Bertz CT molecular complexity index is 566. The molecule has 0 spiro atoms. The number of carbonyl (C=O) groups excluding carboxylic acids is 1. The van der Waals surface area contributed by atoms with Gasteiger partial charge >= 0.3 is 6.03 Å². The van der Waals surface area contributed by atoms with Crippen LogP contribution in [0, 0.1) is 17.8 Å². The van der Waals surface area contributed by atoms with Crippen LogP contribution in [0.5, 0.6) is 0 Å². The van der Waals surface area contributed by atoms with Gasteiger partial charge in [-0.15, -0.1) is 0 Å². The van der Waals surface area contributed by atoms with Crippen LogP contribution in [0.4, 0.5) is 4.79 Å². The minimum Gasteiger partial charge on any atom is -0.396 e. The number of nitrogens with one attached hydrogen (secondary N) is 2. The van der Waals surface area contributed by atoms with Gasteiger partial charge in [0.05, 0.1) is 6.54 Å². The Morgan fingerprint density at radius 3 is 2.74 bits per heavy atom. The molecule has 1 aromatic heterocycles. The summed E-state index contributed by atoms with van der Waals surface area (Å²) in [6, 6.07) is -0.155. The molecule has 3 rings (SSSR count). The number of fused-ring (bicyclic) bond motifs is 2. The lowest BCUT2D eigenvalue weighted by Gasteiger charge is -2.30. The van der Waals surface area contributed by atoms with Crippen molar-refractivity contribution in [2.24, 2.45) is 17.8 Å². The largest absolute Gasteiger partial charge is 0.396 e. The van der Waals surface area contributed by atoms with Crippen molar-refractivity contribution in [3.05, 3.63) is 11.7 Å². The molecule has 1 aromatic rings. The Morgan fingerprint density at radius 2 is 2.09 bits per heavy atom. The summed E-state index contributed by atoms with van der Waals surface area (Å²) >= 11 is 0. The molecule has 0 saturated heterocycles. The second kappa shape index (κ2) is 6.11. The molecule has 4 atom stereocenters. The van der Waals surface area contributed by atoms with E-state index in [2.05, 4.69) is 20.8 Å². The third-order valence-corrected chi connectivity index (χ3v) is 5.11. The summed E-state index contributed by atoms with van der Waals surface area (Å²) in [5.74, 6) is 2.28. The number of urea groups is 1. The molecule has 128 valence electrons. The van der Waals surface area contributed by atoms with Gasteiger partial charge in [0.25, 0.3) is 0 Å². The summed E-state index contributed by atoms with van der Waals surface area (Å²) in [6.07, 6.45) is 3.44. The smallest absolute Gasteiger partial charge is 0.315 e. The van der Waals surface area contributed by atoms with Crippen molar-refractivity contribution in [3.8, 4) is 0 Å². The van der Waals surface area contributed by atoms with Crippen LogP contribution in [0.3, 0.4) is 0 Å². The van der Waals surface area contributed by atoms with Crippen molar-refractivity contribution >= 4 is 6.03 Å². The topological polar surface area (TPSA) is 100 Å². The maximum atomic E-state index is 12.1. The van der Waals surface area contributed by atoms with Gasteiger partial charge in [-0.25, -0.2) is 4.79 Å². The van der Waals surface area contributed by atoms with E-state index in [1.54, 1.807) is 0 Å². The highest BCUT2D eigenvalue weighted by molar-refractivity contribution is 5.74. The first-order chi connectivity index (χ1) is 10.9. The first-order valence-corrected chi connectivity index (χ1v) is 8.36. The summed E-state index contributed by atoms with van der Waals surface area (Å²) in [5.41, 5.74) is -0.203. The maximum absolute atomic E-state index is 12.1. The van der Waals surface area contributed by atoms with E-state index in [4.69, 9.17) is 4.52 Å². The standard InChI is InChI=1S/C16H26N4O3/c1-16(2,3)14-18-12(20-23-14)7-17-15(22)19-13-10-5-4-9(6-10)11(13)8-21/h9-11,13,21H,4-8H2,1-3H3,(H2,17,19,22). The van der Waals surface area contributed by atoms with Crippen molar-refractivity contribution in [3.63, 3.8) is 0 Å². The molecule has 7 nitrogen and oxygen atoms in total. The number of amides is 2. The van der Waals surface area contributed by atoms with E-state index >= 15 is 0 Å². The minimum absolute atomic E-state index is 0.0779. The Labute approximate surface area is 136 Å². The molecular weight excluding hydrogens is 296 g/mol. The minimum atomic E-state index is -0.233. The lowest BCUT2D eigenvalue weighted by atomic mass is 9.85. The van der Waals surface area contributed by atoms with Gasteiger partial charge in [-0.1, -0.05) is 25.9 Å². The highest BCUT2D eigenvalue weighted by atomic mass is 16.5. The summed E-state index contributed by atoms with van der Waals surface area (Å²) in [5, 5.41) is 19.2. The second-order valence-corrected chi connectivity index (χ2v) is 7.80. The third kappa shape index (κ3) is 3.34. The average molecular weight is 322 g/mol. The molecule has 2 saturated carbocycles. The Balaban J connectivity index is 1.51. The molecule has 3 N–H and O–H groups in total. The number of nitrogens with zero attached hydrogens (tertiary/aromatic N) is 2. The molecule has 0 aliphatic heterocycles. The lowest BCUT2D eigenvalue weighted by Crippen LogP contribution is -2.49. The van der Waals surface area contributed by atoms with Crippen LogP contribution >= 0.6 is 0 Å². The number of aliphatic hydroxyl groups is 1. The van der Waals surface area contributed by atoms with Crippen LogP contribution in [0.2, 0.25) is 0 Å². The quantitative estimate of drug-likeness (QED) is 0.781. The fourth-order valence-electron chi connectivity index (χ4n) is 3.89. The number of hydrogen-bond acceptors (Lipinski definition) is 5. The number of rotatable bonds is 4. The lowest BCUT2D eigenvalue weighted by molar-refractivity contribution is 0.144. The molecule has 2 amide bonds. The van der Waals surface area contributed by atoms with Gasteiger partial charge in [-0.05, 0) is 31.1 Å². The van der Waals surface area contributed by atoms with Crippen LogP contribution in [0.25, 0.3) is 0 Å². The monoisotopic (exact) mass is 322 g/mol. The van der Waals surface area contributed by atoms with Gasteiger partial charge in [0, 0.05) is 24.0 Å². The highest BCUT2D eigenvalue weighted by Crippen LogP contribution is 2.48.